The van der Waals surface area contributed by atoms with Crippen molar-refractivity contribution >= 4 is 20.9 Å². The first-order valence-electron chi connectivity index (χ1n) is 2.15. The maximum atomic E-state index is 10.2. The van der Waals surface area contributed by atoms with Crippen LogP contribution in [0.3, 0.4) is 0 Å². The van der Waals surface area contributed by atoms with Gasteiger partial charge in [-0.2, -0.15) is 0 Å². The summed E-state index contributed by atoms with van der Waals surface area (Å²) in [6.45, 7) is 3.85. The second-order valence-corrected chi connectivity index (χ2v) is 2.75. The predicted molar refractivity (Wildman–Crippen MR) is 28.4 cm³/mol. The summed E-state index contributed by atoms with van der Waals surface area (Å²) in [5, 5.41) is 0. The highest BCUT2D eigenvalue weighted by molar-refractivity contribution is 6.58. The van der Waals surface area contributed by atoms with Crippen LogP contribution in [0.25, 0.3) is 0 Å². The zero-order valence-corrected chi connectivity index (χ0v) is 6.49. The first-order chi connectivity index (χ1) is 2.64. The van der Waals surface area contributed by atoms with Crippen LogP contribution in [0, 0.1) is 5.92 Å². The third kappa shape index (κ3) is 2.44. The SMILES string of the molecule is CC(C)[C](=O)[AlH2]. The van der Waals surface area contributed by atoms with Gasteiger partial charge in [0.2, 0.25) is 0 Å². The summed E-state index contributed by atoms with van der Waals surface area (Å²) < 4.78 is 0.398. The molecule has 0 aromatic rings. The molecular weight excluding hydrogens is 91.0 g/mol. The summed E-state index contributed by atoms with van der Waals surface area (Å²) in [6, 6.07) is 0. The molecule has 0 spiro atoms. The highest BCUT2D eigenvalue weighted by atomic mass is 27.0. The Bertz CT molecular complexity index is 58.6. The zero-order chi connectivity index (χ0) is 5.15. The van der Waals surface area contributed by atoms with Crippen LogP contribution < -0.4 is 0 Å². The Balaban J connectivity index is 3.26. The minimum Gasteiger partial charge on any atom is -0.322 e. The van der Waals surface area contributed by atoms with Crippen molar-refractivity contribution in [2.75, 3.05) is 0 Å². The Morgan fingerprint density at radius 2 is 1.83 bits per heavy atom. The molecule has 0 bridgehead atoms. The molecule has 0 rings (SSSR count). The lowest BCUT2D eigenvalue weighted by Crippen LogP contribution is -2.04. The molecule has 34 valence electrons. The van der Waals surface area contributed by atoms with Crippen molar-refractivity contribution in [3.05, 3.63) is 0 Å². The molecule has 0 aromatic carbocycles. The van der Waals surface area contributed by atoms with Gasteiger partial charge < -0.3 is 4.79 Å². The predicted octanol–water partition coefficient (Wildman–Crippen LogP) is -0.198. The summed E-state index contributed by atoms with van der Waals surface area (Å²) in [6.07, 6.45) is 0. The molecule has 0 unspecified atom stereocenters. The topological polar surface area (TPSA) is 17.1 Å². The molecule has 0 radical (unpaired) electrons. The van der Waals surface area contributed by atoms with E-state index in [9.17, 15) is 4.79 Å². The van der Waals surface area contributed by atoms with Gasteiger partial charge in [-0.3, -0.25) is 0 Å². The highest BCUT2D eigenvalue weighted by Gasteiger charge is 1.94. The Hall–Kier alpha value is 0.202. The lowest BCUT2D eigenvalue weighted by Gasteiger charge is -1.92. The van der Waals surface area contributed by atoms with E-state index in [0.29, 0.717) is 20.9 Å². The molecule has 0 amide bonds. The summed E-state index contributed by atoms with van der Waals surface area (Å²) >= 11 is 0.715. The Kier molecular flexibility index (Phi) is 2.47. The third-order valence-electron chi connectivity index (χ3n) is 0.813. The second kappa shape index (κ2) is 2.39. The van der Waals surface area contributed by atoms with Crippen molar-refractivity contribution in [2.45, 2.75) is 13.8 Å². The van der Waals surface area contributed by atoms with Gasteiger partial charge in [0.1, 0.15) is 0 Å². The van der Waals surface area contributed by atoms with E-state index in [1.807, 2.05) is 13.8 Å². The molecule has 0 aliphatic carbocycles. The van der Waals surface area contributed by atoms with Crippen LogP contribution in [0.15, 0.2) is 0 Å². The van der Waals surface area contributed by atoms with Crippen LogP contribution in [0.1, 0.15) is 13.8 Å². The van der Waals surface area contributed by atoms with E-state index in [1.54, 1.807) is 0 Å². The van der Waals surface area contributed by atoms with Gasteiger partial charge in [-0.25, -0.2) is 0 Å². The molecule has 0 atom stereocenters. The van der Waals surface area contributed by atoms with Crippen LogP contribution >= 0.6 is 0 Å². The molecule has 1 nitrogen and oxygen atoms in total. The van der Waals surface area contributed by atoms with Gasteiger partial charge >= 0.3 is 16.3 Å². The van der Waals surface area contributed by atoms with E-state index in [1.165, 1.54) is 0 Å². The summed E-state index contributed by atoms with van der Waals surface area (Å²) in [7, 11) is 0. The van der Waals surface area contributed by atoms with Crippen molar-refractivity contribution < 1.29 is 4.79 Å². The first-order valence-corrected chi connectivity index (χ1v) is 3.15. The zero-order valence-electron chi connectivity index (χ0n) is 4.49. The van der Waals surface area contributed by atoms with Gasteiger partial charge in [0.25, 0.3) is 0 Å². The normalized spacial score (nSPS) is 9.17. The quantitative estimate of drug-likeness (QED) is 0.417. The van der Waals surface area contributed by atoms with Crippen molar-refractivity contribution in [3.8, 4) is 0 Å². The van der Waals surface area contributed by atoms with E-state index in [2.05, 4.69) is 0 Å². The smallest absolute Gasteiger partial charge is 0.319 e. The average molecular weight is 100 g/mol. The molecule has 0 saturated heterocycles. The van der Waals surface area contributed by atoms with Crippen LogP contribution in [-0.2, 0) is 4.79 Å². The monoisotopic (exact) mass is 100 g/mol. The van der Waals surface area contributed by atoms with Crippen LogP contribution in [-0.4, -0.2) is 20.9 Å². The number of rotatable bonds is 1. The van der Waals surface area contributed by atoms with Gasteiger partial charge in [0, 0.05) is 4.65 Å². The fraction of sp³-hybridized carbons (Fsp3) is 0.750. The van der Waals surface area contributed by atoms with E-state index in [0.717, 1.165) is 0 Å². The van der Waals surface area contributed by atoms with Gasteiger partial charge in [-0.15, -0.1) is 0 Å². The molecule has 6 heavy (non-hydrogen) atoms. The van der Waals surface area contributed by atoms with Crippen molar-refractivity contribution in [3.63, 3.8) is 0 Å². The maximum absolute atomic E-state index is 10.2. The Morgan fingerprint density at radius 1 is 1.67 bits per heavy atom. The molecule has 0 heterocycles. The Labute approximate surface area is 46.2 Å². The number of hydrogen-bond acceptors (Lipinski definition) is 1. The molecule has 0 N–H and O–H groups in total. The second-order valence-electron chi connectivity index (χ2n) is 1.77. The van der Waals surface area contributed by atoms with Crippen LogP contribution in [0.5, 0.6) is 0 Å². The third-order valence-corrected chi connectivity index (χ3v) is 1.97. The Morgan fingerprint density at radius 3 is 1.83 bits per heavy atom. The molecular formula is C4H9AlO. The summed E-state index contributed by atoms with van der Waals surface area (Å²) in [4.78, 5) is 10.2. The molecule has 2 heteroatoms. The number of hydrogen-bond donors (Lipinski definition) is 0. The summed E-state index contributed by atoms with van der Waals surface area (Å²) in [5.41, 5.74) is 0. The van der Waals surface area contributed by atoms with Crippen LogP contribution in [0.4, 0.5) is 0 Å². The first kappa shape index (κ1) is 6.20. The van der Waals surface area contributed by atoms with Gasteiger partial charge in [0.05, 0.1) is 0 Å². The van der Waals surface area contributed by atoms with Gasteiger partial charge in [-0.1, -0.05) is 13.8 Å². The van der Waals surface area contributed by atoms with E-state index in [4.69, 9.17) is 0 Å². The lowest BCUT2D eigenvalue weighted by atomic mass is 10.3. The molecule has 0 saturated carbocycles. The number of carbonyl (C=O) groups excluding carboxylic acids is 1. The number of carbonyl (C=O) groups is 1. The lowest BCUT2D eigenvalue weighted by molar-refractivity contribution is -0.114. The van der Waals surface area contributed by atoms with Gasteiger partial charge in [0.15, 0.2) is 0 Å². The molecule has 0 aliphatic heterocycles. The van der Waals surface area contributed by atoms with E-state index < -0.39 is 0 Å². The van der Waals surface area contributed by atoms with E-state index in [-0.39, 0.29) is 5.92 Å². The highest BCUT2D eigenvalue weighted by Crippen LogP contribution is 1.86. The minimum absolute atomic E-state index is 0.275. The van der Waals surface area contributed by atoms with E-state index >= 15 is 0 Å². The maximum Gasteiger partial charge on any atom is 0.319 e. The minimum atomic E-state index is 0.275. The van der Waals surface area contributed by atoms with Crippen molar-refractivity contribution in [1.82, 2.24) is 0 Å². The van der Waals surface area contributed by atoms with Crippen molar-refractivity contribution in [2.24, 2.45) is 5.92 Å². The van der Waals surface area contributed by atoms with Crippen LogP contribution in [0.2, 0.25) is 0 Å². The fourth-order valence-corrected chi connectivity index (χ4v) is 0. The molecule has 0 fully saturated rings. The van der Waals surface area contributed by atoms with Crippen molar-refractivity contribution in [1.29, 1.82) is 0 Å². The fourth-order valence-electron chi connectivity index (χ4n) is 0. The summed E-state index contributed by atoms with van der Waals surface area (Å²) in [5.74, 6) is 0.275. The molecule has 0 aromatic heterocycles. The average Bonchev–Trinajstić information content (AvgIpc) is 1.36. The largest absolute Gasteiger partial charge is 0.322 e. The van der Waals surface area contributed by atoms with Gasteiger partial charge in [-0.05, 0) is 5.92 Å². The molecule has 0 aliphatic rings. The standard InChI is InChI=1S/C4H7O.Al.2H/c1-4(2)3-5;;;/h4H,1-2H3;;;.